The molecule has 1 saturated heterocycles. The molecule has 2 heteroatoms. The highest BCUT2D eigenvalue weighted by atomic mass is 16.5. The molecule has 104 valence electrons. The highest BCUT2D eigenvalue weighted by Crippen LogP contribution is 2.39. The maximum Gasteiger partial charge on any atom is 0.0569 e. The monoisotopic (exact) mass is 260 g/mol. The van der Waals surface area contributed by atoms with Gasteiger partial charge in [-0.05, 0) is 55.4 Å². The van der Waals surface area contributed by atoms with E-state index in [1.54, 1.807) is 0 Å². The number of aliphatic hydroxyl groups excluding tert-OH is 1. The Kier molecular flexibility index (Phi) is 4.19. The SMILES string of the molecule is OC1CCC(c2ccccc2)CC1CC1CCOC1. The highest BCUT2D eigenvalue weighted by Gasteiger charge is 2.32. The molecular formula is C17H24O2. The van der Waals surface area contributed by atoms with Gasteiger partial charge in [-0.2, -0.15) is 0 Å². The predicted molar refractivity (Wildman–Crippen MR) is 76.1 cm³/mol. The zero-order valence-corrected chi connectivity index (χ0v) is 11.5. The first-order chi connectivity index (χ1) is 9.33. The van der Waals surface area contributed by atoms with Crippen molar-refractivity contribution in [1.29, 1.82) is 0 Å². The van der Waals surface area contributed by atoms with Crippen LogP contribution in [0.15, 0.2) is 30.3 Å². The van der Waals surface area contributed by atoms with E-state index in [9.17, 15) is 5.11 Å². The number of hydrogen-bond acceptors (Lipinski definition) is 2. The minimum absolute atomic E-state index is 0.0967. The summed E-state index contributed by atoms with van der Waals surface area (Å²) in [5, 5.41) is 10.3. The van der Waals surface area contributed by atoms with Crippen LogP contribution in [-0.4, -0.2) is 24.4 Å². The van der Waals surface area contributed by atoms with Crippen LogP contribution >= 0.6 is 0 Å². The van der Waals surface area contributed by atoms with Gasteiger partial charge < -0.3 is 9.84 Å². The number of rotatable bonds is 3. The quantitative estimate of drug-likeness (QED) is 0.903. The van der Waals surface area contributed by atoms with Gasteiger partial charge in [0.1, 0.15) is 0 Å². The van der Waals surface area contributed by atoms with Gasteiger partial charge in [0.2, 0.25) is 0 Å². The molecule has 1 aromatic carbocycles. The van der Waals surface area contributed by atoms with Gasteiger partial charge in [-0.1, -0.05) is 30.3 Å². The van der Waals surface area contributed by atoms with Gasteiger partial charge in [-0.15, -0.1) is 0 Å². The first-order valence-corrected chi connectivity index (χ1v) is 7.63. The zero-order chi connectivity index (χ0) is 13.1. The Bertz CT molecular complexity index is 384. The molecule has 1 aliphatic heterocycles. The van der Waals surface area contributed by atoms with Crippen molar-refractivity contribution in [1.82, 2.24) is 0 Å². The van der Waals surface area contributed by atoms with Crippen LogP contribution < -0.4 is 0 Å². The van der Waals surface area contributed by atoms with Crippen molar-refractivity contribution in [3.8, 4) is 0 Å². The number of aliphatic hydroxyl groups is 1. The van der Waals surface area contributed by atoms with Crippen molar-refractivity contribution in [3.63, 3.8) is 0 Å². The molecular weight excluding hydrogens is 236 g/mol. The van der Waals surface area contributed by atoms with Crippen LogP contribution in [0.3, 0.4) is 0 Å². The molecule has 2 fully saturated rings. The van der Waals surface area contributed by atoms with E-state index in [1.165, 1.54) is 12.0 Å². The van der Waals surface area contributed by atoms with Gasteiger partial charge >= 0.3 is 0 Å². The Morgan fingerprint density at radius 1 is 1.11 bits per heavy atom. The number of benzene rings is 1. The molecule has 1 aromatic rings. The first-order valence-electron chi connectivity index (χ1n) is 7.63. The van der Waals surface area contributed by atoms with Crippen LogP contribution in [0.25, 0.3) is 0 Å². The summed E-state index contributed by atoms with van der Waals surface area (Å²) in [7, 11) is 0. The highest BCUT2D eigenvalue weighted by molar-refractivity contribution is 5.20. The van der Waals surface area contributed by atoms with Crippen molar-refractivity contribution >= 4 is 0 Å². The summed E-state index contributed by atoms with van der Waals surface area (Å²) >= 11 is 0. The van der Waals surface area contributed by atoms with Crippen LogP contribution in [0.2, 0.25) is 0 Å². The van der Waals surface area contributed by atoms with E-state index in [2.05, 4.69) is 30.3 Å². The molecule has 0 amide bonds. The molecule has 0 spiro atoms. The Hall–Kier alpha value is -0.860. The number of ether oxygens (including phenoxy) is 1. The smallest absolute Gasteiger partial charge is 0.0569 e. The van der Waals surface area contributed by atoms with E-state index in [4.69, 9.17) is 4.74 Å². The maximum absolute atomic E-state index is 10.3. The van der Waals surface area contributed by atoms with Gasteiger partial charge in [0.05, 0.1) is 6.10 Å². The molecule has 4 unspecified atom stereocenters. The summed E-state index contributed by atoms with van der Waals surface area (Å²) in [6.45, 7) is 1.81. The third kappa shape index (κ3) is 3.18. The molecule has 1 N–H and O–H groups in total. The van der Waals surface area contributed by atoms with Crippen LogP contribution in [0.5, 0.6) is 0 Å². The molecule has 0 bridgehead atoms. The Morgan fingerprint density at radius 3 is 2.68 bits per heavy atom. The molecule has 2 nitrogen and oxygen atoms in total. The lowest BCUT2D eigenvalue weighted by molar-refractivity contribution is 0.0467. The maximum atomic E-state index is 10.3. The molecule has 3 rings (SSSR count). The summed E-state index contributed by atoms with van der Waals surface area (Å²) in [6, 6.07) is 10.8. The summed E-state index contributed by atoms with van der Waals surface area (Å²) < 4.78 is 5.46. The van der Waals surface area contributed by atoms with Crippen molar-refractivity contribution < 1.29 is 9.84 Å². The summed E-state index contributed by atoms with van der Waals surface area (Å²) in [4.78, 5) is 0. The van der Waals surface area contributed by atoms with E-state index >= 15 is 0 Å². The molecule has 19 heavy (non-hydrogen) atoms. The summed E-state index contributed by atoms with van der Waals surface area (Å²) in [5.74, 6) is 1.77. The van der Waals surface area contributed by atoms with Gasteiger partial charge in [0.15, 0.2) is 0 Å². The van der Waals surface area contributed by atoms with Gasteiger partial charge in [0.25, 0.3) is 0 Å². The van der Waals surface area contributed by atoms with Gasteiger partial charge in [0, 0.05) is 13.2 Å². The first kappa shape index (κ1) is 13.1. The topological polar surface area (TPSA) is 29.5 Å². The molecule has 1 aliphatic carbocycles. The second-order valence-corrected chi connectivity index (χ2v) is 6.21. The van der Waals surface area contributed by atoms with Gasteiger partial charge in [-0.25, -0.2) is 0 Å². The second-order valence-electron chi connectivity index (χ2n) is 6.21. The lowest BCUT2D eigenvalue weighted by Gasteiger charge is -2.34. The Labute approximate surface area is 115 Å². The summed E-state index contributed by atoms with van der Waals surface area (Å²) in [6.07, 6.45) is 5.45. The minimum atomic E-state index is -0.0967. The molecule has 0 radical (unpaired) electrons. The molecule has 4 atom stereocenters. The Balaban J connectivity index is 1.63. The molecule has 1 saturated carbocycles. The predicted octanol–water partition coefficient (Wildman–Crippen LogP) is 3.36. The number of hydrogen-bond donors (Lipinski definition) is 1. The largest absolute Gasteiger partial charge is 0.393 e. The van der Waals surface area contributed by atoms with E-state index in [0.717, 1.165) is 38.9 Å². The van der Waals surface area contributed by atoms with Crippen molar-refractivity contribution in [2.45, 2.75) is 44.1 Å². The second kappa shape index (κ2) is 6.06. The fraction of sp³-hybridized carbons (Fsp3) is 0.647. The fourth-order valence-corrected chi connectivity index (χ4v) is 3.73. The van der Waals surface area contributed by atoms with Gasteiger partial charge in [-0.3, -0.25) is 0 Å². The van der Waals surface area contributed by atoms with E-state index in [0.29, 0.717) is 17.8 Å². The van der Waals surface area contributed by atoms with E-state index in [1.807, 2.05) is 0 Å². The fourth-order valence-electron chi connectivity index (χ4n) is 3.73. The zero-order valence-electron chi connectivity index (χ0n) is 11.5. The van der Waals surface area contributed by atoms with Crippen LogP contribution in [-0.2, 0) is 4.74 Å². The third-order valence-electron chi connectivity index (χ3n) is 4.87. The Morgan fingerprint density at radius 2 is 1.95 bits per heavy atom. The van der Waals surface area contributed by atoms with E-state index in [-0.39, 0.29) is 6.10 Å². The average Bonchev–Trinajstić information content (AvgIpc) is 2.95. The van der Waals surface area contributed by atoms with Crippen molar-refractivity contribution in [3.05, 3.63) is 35.9 Å². The van der Waals surface area contributed by atoms with Crippen LogP contribution in [0.4, 0.5) is 0 Å². The minimum Gasteiger partial charge on any atom is -0.393 e. The lowest BCUT2D eigenvalue weighted by atomic mass is 9.73. The van der Waals surface area contributed by atoms with Crippen molar-refractivity contribution in [2.75, 3.05) is 13.2 Å². The lowest BCUT2D eigenvalue weighted by Crippen LogP contribution is -2.30. The van der Waals surface area contributed by atoms with Crippen LogP contribution in [0, 0.1) is 11.8 Å². The molecule has 2 aliphatic rings. The van der Waals surface area contributed by atoms with E-state index < -0.39 is 0 Å². The normalized spacial score (nSPS) is 35.4. The van der Waals surface area contributed by atoms with Crippen molar-refractivity contribution in [2.24, 2.45) is 11.8 Å². The summed E-state index contributed by atoms with van der Waals surface area (Å²) in [5.41, 5.74) is 1.45. The molecule has 1 heterocycles. The average molecular weight is 260 g/mol. The van der Waals surface area contributed by atoms with Crippen LogP contribution in [0.1, 0.15) is 43.6 Å². The third-order valence-corrected chi connectivity index (χ3v) is 4.87. The standard InChI is InChI=1S/C17H24O2/c18-17-7-6-15(14-4-2-1-3-5-14)11-16(17)10-13-8-9-19-12-13/h1-5,13,15-18H,6-12H2. The molecule has 0 aromatic heterocycles.